The quantitative estimate of drug-likeness (QED) is 0.153. The minimum absolute atomic E-state index is 0.231. The van der Waals surface area contributed by atoms with Gasteiger partial charge in [-0.05, 0) is 77.2 Å². The summed E-state index contributed by atoms with van der Waals surface area (Å²) in [5.41, 5.74) is 15.1. The largest absolute Gasteiger partial charge is 0.309 e. The molecule has 5 heteroatoms. The van der Waals surface area contributed by atoms with Crippen molar-refractivity contribution < 1.29 is 0 Å². The molecule has 5 nitrogen and oxygen atoms in total. The van der Waals surface area contributed by atoms with E-state index >= 15 is 0 Å². The van der Waals surface area contributed by atoms with Crippen LogP contribution >= 0.6 is 0 Å². The van der Waals surface area contributed by atoms with Crippen molar-refractivity contribution in [1.29, 1.82) is 0 Å². The van der Waals surface area contributed by atoms with Gasteiger partial charge in [-0.15, -0.1) is 0 Å². The molecule has 3 heterocycles. The predicted molar refractivity (Wildman–Crippen MR) is 286 cm³/mol. The lowest BCUT2D eigenvalue weighted by Crippen LogP contribution is -2.22. The van der Waals surface area contributed by atoms with Crippen molar-refractivity contribution in [2.75, 3.05) is 0 Å². The Morgan fingerprint density at radius 1 is 0.362 bits per heavy atom. The SMILES string of the molecule is CC1(c2ccc(-c3nc(-c4ccccc4)nc(-c4cccc(-c5cc(-c6ccccc6)ccc5-n5c6ccccc6c6ccccc65)c4)n3)cc2-n2c3ccccc3c3ccccc32)C=CC=CC1. The Morgan fingerprint density at radius 3 is 1.39 bits per heavy atom. The number of allylic oxidation sites excluding steroid dienone is 4. The van der Waals surface area contributed by atoms with E-state index < -0.39 is 0 Å². The smallest absolute Gasteiger partial charge is 0.164 e. The molecular weight excluding hydrogens is 839 g/mol. The molecule has 0 spiro atoms. The first kappa shape index (κ1) is 40.4. The van der Waals surface area contributed by atoms with Crippen LogP contribution in [-0.4, -0.2) is 24.1 Å². The highest BCUT2D eigenvalue weighted by atomic mass is 15.0. The first-order valence-corrected chi connectivity index (χ1v) is 23.7. The van der Waals surface area contributed by atoms with E-state index in [1.165, 1.54) is 27.1 Å². The maximum absolute atomic E-state index is 5.40. The minimum Gasteiger partial charge on any atom is -0.309 e. The number of fused-ring (bicyclic) bond motifs is 6. The third-order valence-electron chi connectivity index (χ3n) is 14.0. The first-order chi connectivity index (χ1) is 34.1. The van der Waals surface area contributed by atoms with Crippen LogP contribution < -0.4 is 0 Å². The van der Waals surface area contributed by atoms with E-state index in [0.29, 0.717) is 17.5 Å². The van der Waals surface area contributed by atoms with E-state index in [1.54, 1.807) is 0 Å². The summed E-state index contributed by atoms with van der Waals surface area (Å²) in [6, 6.07) is 78.0. The van der Waals surface area contributed by atoms with Crippen molar-refractivity contribution in [3.05, 3.63) is 248 Å². The molecule has 0 radical (unpaired) electrons. The Bertz CT molecular complexity index is 3900. The van der Waals surface area contributed by atoms with Gasteiger partial charge >= 0.3 is 0 Å². The number of benzene rings is 9. The van der Waals surface area contributed by atoms with Gasteiger partial charge in [-0.3, -0.25) is 0 Å². The second-order valence-corrected chi connectivity index (χ2v) is 18.2. The van der Waals surface area contributed by atoms with Crippen molar-refractivity contribution in [2.24, 2.45) is 0 Å². The Balaban J connectivity index is 1.02. The molecule has 0 fully saturated rings. The first-order valence-electron chi connectivity index (χ1n) is 23.7. The monoisotopic (exact) mass is 883 g/mol. The fourth-order valence-electron chi connectivity index (χ4n) is 10.6. The van der Waals surface area contributed by atoms with Crippen LogP contribution in [0.5, 0.6) is 0 Å². The Morgan fingerprint density at radius 2 is 0.826 bits per heavy atom. The molecule has 1 unspecified atom stereocenters. The van der Waals surface area contributed by atoms with Crippen LogP contribution in [0.2, 0.25) is 0 Å². The number of rotatable bonds is 8. The Kier molecular flexibility index (Phi) is 9.62. The zero-order chi connectivity index (χ0) is 45.9. The lowest BCUT2D eigenvalue weighted by molar-refractivity contribution is 0.597. The maximum atomic E-state index is 5.40. The van der Waals surface area contributed by atoms with Crippen molar-refractivity contribution >= 4 is 43.6 Å². The van der Waals surface area contributed by atoms with Gasteiger partial charge in [0.05, 0.1) is 33.4 Å². The van der Waals surface area contributed by atoms with Crippen LogP contribution in [0.25, 0.3) is 111 Å². The van der Waals surface area contributed by atoms with Gasteiger partial charge in [0.1, 0.15) is 0 Å². The van der Waals surface area contributed by atoms with Crippen LogP contribution in [-0.2, 0) is 5.41 Å². The fraction of sp³-hybridized carbons (Fsp3) is 0.0469. The molecule has 326 valence electrons. The van der Waals surface area contributed by atoms with Crippen molar-refractivity contribution in [3.63, 3.8) is 0 Å². The molecule has 3 aromatic heterocycles. The summed E-state index contributed by atoms with van der Waals surface area (Å²) in [6.07, 6.45) is 9.82. The van der Waals surface area contributed by atoms with Gasteiger partial charge in [0.25, 0.3) is 0 Å². The Hall–Kier alpha value is -8.93. The normalized spacial score (nSPS) is 14.6. The zero-order valence-corrected chi connectivity index (χ0v) is 38.0. The summed E-state index contributed by atoms with van der Waals surface area (Å²) in [5, 5.41) is 4.89. The number of hydrogen-bond donors (Lipinski definition) is 0. The molecule has 0 bridgehead atoms. The van der Waals surface area contributed by atoms with Gasteiger partial charge in [0.15, 0.2) is 17.5 Å². The molecular formula is C64H45N5. The van der Waals surface area contributed by atoms with Gasteiger partial charge in [0.2, 0.25) is 0 Å². The van der Waals surface area contributed by atoms with Crippen LogP contribution in [0.15, 0.2) is 243 Å². The zero-order valence-electron chi connectivity index (χ0n) is 38.0. The Labute approximate surface area is 400 Å². The molecule has 1 aliphatic rings. The molecule has 0 saturated carbocycles. The lowest BCUT2D eigenvalue weighted by Gasteiger charge is -2.30. The van der Waals surface area contributed by atoms with Gasteiger partial charge in [-0.2, -0.15) is 0 Å². The topological polar surface area (TPSA) is 48.5 Å². The third kappa shape index (κ3) is 6.89. The minimum atomic E-state index is -0.231. The van der Waals surface area contributed by atoms with Crippen LogP contribution in [0.3, 0.4) is 0 Å². The number of hydrogen-bond acceptors (Lipinski definition) is 3. The van der Waals surface area contributed by atoms with Gasteiger partial charge in [-0.1, -0.05) is 201 Å². The van der Waals surface area contributed by atoms with E-state index in [0.717, 1.165) is 78.8 Å². The summed E-state index contributed by atoms with van der Waals surface area (Å²) in [5.74, 6) is 1.83. The molecule has 0 saturated heterocycles. The summed E-state index contributed by atoms with van der Waals surface area (Å²) >= 11 is 0. The molecule has 1 aliphatic carbocycles. The summed E-state index contributed by atoms with van der Waals surface area (Å²) < 4.78 is 4.84. The number of nitrogens with zero attached hydrogens (tertiary/aromatic N) is 5. The van der Waals surface area contributed by atoms with Crippen LogP contribution in [0, 0.1) is 0 Å². The van der Waals surface area contributed by atoms with E-state index in [4.69, 9.17) is 15.0 Å². The molecule has 1 atom stereocenters. The van der Waals surface area contributed by atoms with Crippen LogP contribution in [0.4, 0.5) is 0 Å². The molecule has 13 rings (SSSR count). The summed E-state index contributed by atoms with van der Waals surface area (Å²) in [4.78, 5) is 15.9. The van der Waals surface area contributed by atoms with Gasteiger partial charge < -0.3 is 9.13 Å². The van der Waals surface area contributed by atoms with Crippen LogP contribution in [0.1, 0.15) is 18.9 Å². The molecule has 12 aromatic rings. The van der Waals surface area contributed by atoms with E-state index in [-0.39, 0.29) is 5.41 Å². The van der Waals surface area contributed by atoms with E-state index in [1.807, 2.05) is 18.2 Å². The molecule has 0 aliphatic heterocycles. The molecule has 0 N–H and O–H groups in total. The molecule has 0 amide bonds. The lowest BCUT2D eigenvalue weighted by atomic mass is 9.76. The van der Waals surface area contributed by atoms with Crippen molar-refractivity contribution in [1.82, 2.24) is 24.1 Å². The van der Waals surface area contributed by atoms with E-state index in [2.05, 4.69) is 241 Å². The summed E-state index contributed by atoms with van der Waals surface area (Å²) in [6.45, 7) is 2.34. The molecule has 9 aromatic carbocycles. The average Bonchev–Trinajstić information content (AvgIpc) is 3.94. The van der Waals surface area contributed by atoms with Crippen molar-refractivity contribution in [3.8, 4) is 67.8 Å². The highest BCUT2D eigenvalue weighted by molar-refractivity contribution is 6.10. The standard InChI is InChI=1S/C64H45N5/c1-64(38-17-4-18-39-64)54-36-34-48(42-60(54)69-57-32-15-11-28-51(57)52-29-12-16-33-58(52)69)63-66-61(44-22-7-3-8-23-44)65-62(67-63)47-25-19-24-46(40-47)53-41-45(43-20-5-2-6-21-43)35-37-59(53)68-55-30-13-9-26-49(55)50-27-10-14-31-56(50)68/h2-38,40-42H,39H2,1H3. The van der Waals surface area contributed by atoms with Gasteiger partial charge in [-0.25, -0.2) is 15.0 Å². The predicted octanol–water partition coefficient (Wildman–Crippen LogP) is 16.2. The molecule has 69 heavy (non-hydrogen) atoms. The second kappa shape index (κ2) is 16.4. The number of para-hydroxylation sites is 4. The summed E-state index contributed by atoms with van der Waals surface area (Å²) in [7, 11) is 0. The number of aromatic nitrogens is 5. The fourth-order valence-corrected chi connectivity index (χ4v) is 10.6. The van der Waals surface area contributed by atoms with Gasteiger partial charge in [0, 0.05) is 49.2 Å². The maximum Gasteiger partial charge on any atom is 0.164 e. The highest BCUT2D eigenvalue weighted by Crippen LogP contribution is 2.43. The second-order valence-electron chi connectivity index (χ2n) is 18.2. The third-order valence-corrected chi connectivity index (χ3v) is 14.0. The van der Waals surface area contributed by atoms with E-state index in [9.17, 15) is 0 Å². The van der Waals surface area contributed by atoms with Crippen molar-refractivity contribution in [2.45, 2.75) is 18.8 Å². The average molecular weight is 884 g/mol. The highest BCUT2D eigenvalue weighted by Gasteiger charge is 2.29.